The number of hydrogen-bond acceptors (Lipinski definition) is 4. The lowest BCUT2D eigenvalue weighted by Crippen LogP contribution is -2.47. The minimum absolute atomic E-state index is 0.428. The predicted octanol–water partition coefficient (Wildman–Crippen LogP) is 4.62. The van der Waals surface area contributed by atoms with E-state index >= 15 is 0 Å². The Kier molecular flexibility index (Phi) is 10.0. The number of ether oxygens (including phenoxy) is 4. The molecule has 0 aromatic carbocycles. The van der Waals surface area contributed by atoms with Gasteiger partial charge >= 0.3 is 5.97 Å². The van der Waals surface area contributed by atoms with Gasteiger partial charge in [-0.1, -0.05) is 31.2 Å². The lowest BCUT2D eigenvalue weighted by molar-refractivity contribution is -0.359. The number of hydrogen-bond donors (Lipinski definition) is 0. The maximum absolute atomic E-state index is 5.65. The van der Waals surface area contributed by atoms with Crippen LogP contribution in [0.25, 0.3) is 0 Å². The average molecular weight is 282 g/mol. The van der Waals surface area contributed by atoms with Gasteiger partial charge in [0.1, 0.15) is 0 Å². The third-order valence-electron chi connectivity index (χ3n) is 2.25. The van der Waals surface area contributed by atoms with Crippen molar-refractivity contribution in [2.45, 2.75) is 53.1 Å². The maximum atomic E-state index is 5.65. The second-order valence-electron chi connectivity index (χ2n) is 3.87. The summed E-state index contributed by atoms with van der Waals surface area (Å²) in [4.78, 5) is 0. The van der Waals surface area contributed by atoms with Gasteiger partial charge in [0.15, 0.2) is 0 Å². The first kappa shape index (κ1) is 18.2. The predicted molar refractivity (Wildman–Crippen MR) is 80.4 cm³/mol. The second kappa shape index (κ2) is 11.0. The summed E-state index contributed by atoms with van der Waals surface area (Å²) in [5, 5.41) is 0. The zero-order valence-electron chi connectivity index (χ0n) is 13.0. The third-order valence-corrected chi connectivity index (χ3v) is 2.25. The van der Waals surface area contributed by atoms with Gasteiger partial charge in [0.2, 0.25) is 6.10 Å². The maximum Gasteiger partial charge on any atom is 0.455 e. The van der Waals surface area contributed by atoms with Crippen LogP contribution in [0.4, 0.5) is 0 Å². The molecule has 114 valence electrons. The molecule has 0 aromatic heterocycles. The molecule has 0 saturated heterocycles. The Labute approximate surface area is 122 Å². The lowest BCUT2D eigenvalue weighted by atomic mass is 10.2. The number of allylic oxidation sites excluding steroid dienone is 4. The molecule has 0 saturated carbocycles. The minimum atomic E-state index is -1.36. The fourth-order valence-electron chi connectivity index (χ4n) is 1.40. The molecule has 0 aliphatic carbocycles. The van der Waals surface area contributed by atoms with Gasteiger partial charge in [-0.3, -0.25) is 0 Å². The standard InChI is InChI=1S/C16H26O4/c1-6-11-17-15(10-5)16(18-12-7-2,19-13-8-3)20-14-9-4/h6-9,11-15H,10H2,1-5H3. The summed E-state index contributed by atoms with van der Waals surface area (Å²) in [6, 6.07) is 0. The molecule has 0 heterocycles. The van der Waals surface area contributed by atoms with Gasteiger partial charge in [-0.25, -0.2) is 0 Å². The lowest BCUT2D eigenvalue weighted by Gasteiger charge is -2.35. The Hall–Kier alpha value is -1.84. The second-order valence-corrected chi connectivity index (χ2v) is 3.87. The molecule has 0 rings (SSSR count). The van der Waals surface area contributed by atoms with Gasteiger partial charge in [0.05, 0.1) is 25.0 Å². The van der Waals surface area contributed by atoms with Gasteiger partial charge in [-0.2, -0.15) is 0 Å². The van der Waals surface area contributed by atoms with E-state index in [9.17, 15) is 0 Å². The van der Waals surface area contributed by atoms with E-state index in [0.29, 0.717) is 6.42 Å². The smallest absolute Gasteiger partial charge is 0.455 e. The highest BCUT2D eigenvalue weighted by Crippen LogP contribution is 2.27. The first-order valence-corrected chi connectivity index (χ1v) is 6.84. The van der Waals surface area contributed by atoms with Crippen LogP contribution in [-0.2, 0) is 18.9 Å². The van der Waals surface area contributed by atoms with Crippen LogP contribution >= 0.6 is 0 Å². The molecule has 0 bridgehead atoms. The molecule has 0 N–H and O–H groups in total. The summed E-state index contributed by atoms with van der Waals surface area (Å²) in [7, 11) is 0. The molecule has 0 spiro atoms. The Bertz CT molecular complexity index is 306. The van der Waals surface area contributed by atoms with Gasteiger partial charge in [0.25, 0.3) is 0 Å². The Morgan fingerprint density at radius 1 is 0.750 bits per heavy atom. The van der Waals surface area contributed by atoms with E-state index in [-0.39, 0.29) is 0 Å². The molecular weight excluding hydrogens is 256 g/mol. The van der Waals surface area contributed by atoms with E-state index in [1.165, 1.54) is 18.8 Å². The van der Waals surface area contributed by atoms with Crippen LogP contribution in [0.5, 0.6) is 0 Å². The number of rotatable bonds is 10. The van der Waals surface area contributed by atoms with Crippen molar-refractivity contribution in [3.05, 3.63) is 49.4 Å². The van der Waals surface area contributed by atoms with Crippen LogP contribution < -0.4 is 0 Å². The van der Waals surface area contributed by atoms with E-state index < -0.39 is 12.1 Å². The summed E-state index contributed by atoms with van der Waals surface area (Å²) in [5.41, 5.74) is 0. The van der Waals surface area contributed by atoms with Crippen LogP contribution in [0, 0.1) is 0 Å². The first-order valence-electron chi connectivity index (χ1n) is 6.84. The van der Waals surface area contributed by atoms with E-state index in [4.69, 9.17) is 18.9 Å². The summed E-state index contributed by atoms with van der Waals surface area (Å²) in [5.74, 6) is -1.36. The molecule has 4 heteroatoms. The highest BCUT2D eigenvalue weighted by molar-refractivity contribution is 4.84. The van der Waals surface area contributed by atoms with E-state index in [2.05, 4.69) is 0 Å². The van der Waals surface area contributed by atoms with E-state index in [0.717, 1.165) is 0 Å². The van der Waals surface area contributed by atoms with Crippen molar-refractivity contribution in [3.63, 3.8) is 0 Å². The Morgan fingerprint density at radius 3 is 1.45 bits per heavy atom. The van der Waals surface area contributed by atoms with Crippen molar-refractivity contribution >= 4 is 0 Å². The van der Waals surface area contributed by atoms with Crippen LogP contribution in [0.15, 0.2) is 49.4 Å². The Morgan fingerprint density at radius 2 is 1.15 bits per heavy atom. The fraction of sp³-hybridized carbons (Fsp3) is 0.500. The molecule has 0 aromatic rings. The SMILES string of the molecule is CC=COC(CC)C(OC=CC)(OC=CC)OC=CC. The molecule has 0 radical (unpaired) electrons. The van der Waals surface area contributed by atoms with Crippen molar-refractivity contribution in [1.82, 2.24) is 0 Å². The zero-order chi connectivity index (χ0) is 15.3. The molecule has 0 amide bonds. The molecule has 0 fully saturated rings. The average Bonchev–Trinajstić information content (AvgIpc) is 2.48. The van der Waals surface area contributed by atoms with Crippen molar-refractivity contribution in [1.29, 1.82) is 0 Å². The molecule has 1 unspecified atom stereocenters. The first-order chi connectivity index (χ1) is 9.70. The van der Waals surface area contributed by atoms with E-state index in [1.807, 2.05) is 34.6 Å². The van der Waals surface area contributed by atoms with Crippen molar-refractivity contribution in [2.75, 3.05) is 0 Å². The van der Waals surface area contributed by atoms with Crippen LogP contribution in [0.2, 0.25) is 0 Å². The Balaban J connectivity index is 5.37. The fourth-order valence-corrected chi connectivity index (χ4v) is 1.40. The molecule has 1 atom stereocenters. The topological polar surface area (TPSA) is 36.9 Å². The van der Waals surface area contributed by atoms with Gasteiger partial charge in [-0.05, 0) is 34.1 Å². The summed E-state index contributed by atoms with van der Waals surface area (Å²) in [6.45, 7) is 9.40. The summed E-state index contributed by atoms with van der Waals surface area (Å²) in [6.07, 6.45) is 13.5. The third kappa shape index (κ3) is 5.87. The molecule has 0 aliphatic rings. The highest BCUT2D eigenvalue weighted by atomic mass is 16.9. The quantitative estimate of drug-likeness (QED) is 0.433. The zero-order valence-corrected chi connectivity index (χ0v) is 13.0. The largest absolute Gasteiger partial charge is 0.486 e. The van der Waals surface area contributed by atoms with Crippen LogP contribution in [-0.4, -0.2) is 12.1 Å². The highest BCUT2D eigenvalue weighted by Gasteiger charge is 2.46. The molecule has 4 nitrogen and oxygen atoms in total. The van der Waals surface area contributed by atoms with Gasteiger partial charge in [-0.15, -0.1) is 0 Å². The molecule has 20 heavy (non-hydrogen) atoms. The van der Waals surface area contributed by atoms with Crippen molar-refractivity contribution < 1.29 is 18.9 Å². The normalized spacial score (nSPS) is 16.9. The monoisotopic (exact) mass is 282 g/mol. The summed E-state index contributed by atoms with van der Waals surface area (Å²) >= 11 is 0. The molecular formula is C16H26O4. The van der Waals surface area contributed by atoms with Crippen LogP contribution in [0.3, 0.4) is 0 Å². The minimum Gasteiger partial charge on any atom is -0.486 e. The van der Waals surface area contributed by atoms with Crippen molar-refractivity contribution in [3.8, 4) is 0 Å². The van der Waals surface area contributed by atoms with Gasteiger partial charge < -0.3 is 18.9 Å². The van der Waals surface area contributed by atoms with Crippen LogP contribution in [0.1, 0.15) is 41.0 Å². The molecule has 0 aliphatic heterocycles. The van der Waals surface area contributed by atoms with Crippen molar-refractivity contribution in [2.24, 2.45) is 0 Å². The van der Waals surface area contributed by atoms with E-state index in [1.54, 1.807) is 30.6 Å². The summed E-state index contributed by atoms with van der Waals surface area (Å²) < 4.78 is 22.6. The van der Waals surface area contributed by atoms with Gasteiger partial charge in [0, 0.05) is 0 Å².